The van der Waals surface area contributed by atoms with E-state index in [1.54, 1.807) is 0 Å². The summed E-state index contributed by atoms with van der Waals surface area (Å²) in [5.41, 5.74) is 4.58. The van der Waals surface area contributed by atoms with E-state index in [1.165, 1.54) is 5.38 Å². The third-order valence-electron chi connectivity index (χ3n) is 1.11. The molecule has 2 nitrogen and oxygen atoms in total. The molecule has 0 aliphatic heterocycles. The summed E-state index contributed by atoms with van der Waals surface area (Å²) >= 11 is 4.10. The molecule has 0 atom stereocenters. The molecule has 0 saturated heterocycles. The van der Waals surface area contributed by atoms with Gasteiger partial charge in [0.1, 0.15) is 5.69 Å². The normalized spacial score (nSPS) is 12.0. The van der Waals surface area contributed by atoms with Gasteiger partial charge in [-0.2, -0.15) is 8.78 Å². The second-order valence-electron chi connectivity index (χ2n) is 1.89. The molecule has 1 aromatic rings. The zero-order chi connectivity index (χ0) is 8.48. The Morgan fingerprint density at radius 1 is 1.73 bits per heavy atom. The predicted octanol–water partition coefficient (Wildman–Crippen LogP) is 1.96. The Morgan fingerprint density at radius 3 is 2.73 bits per heavy atom. The van der Waals surface area contributed by atoms with Crippen LogP contribution in [0, 0.1) is 0 Å². The summed E-state index contributed by atoms with van der Waals surface area (Å²) in [5, 5.41) is 1.29. The van der Waals surface area contributed by atoms with Crippen LogP contribution in [0.2, 0.25) is 0 Å². The second-order valence-corrected chi connectivity index (χ2v) is 4.03. The van der Waals surface area contributed by atoms with Crippen LogP contribution in [0.25, 0.3) is 0 Å². The molecule has 0 unspecified atom stereocenters. The number of halogens is 3. The van der Waals surface area contributed by atoms with Crippen LogP contribution in [-0.4, -0.2) is 11.5 Å². The first-order valence-electron chi connectivity index (χ1n) is 2.75. The summed E-state index contributed by atoms with van der Waals surface area (Å²) in [6, 6.07) is 0. The number of hydrogen-bond acceptors (Lipinski definition) is 3. The molecule has 0 saturated carbocycles. The van der Waals surface area contributed by atoms with Crippen LogP contribution < -0.4 is 5.73 Å². The Bertz CT molecular complexity index is 250. The third kappa shape index (κ3) is 1.94. The minimum atomic E-state index is -3.00. The quantitative estimate of drug-likeness (QED) is 0.862. The van der Waals surface area contributed by atoms with Gasteiger partial charge in [0.25, 0.3) is 0 Å². The van der Waals surface area contributed by atoms with Crippen molar-refractivity contribution < 1.29 is 8.78 Å². The van der Waals surface area contributed by atoms with Crippen LogP contribution in [0.5, 0.6) is 0 Å². The van der Waals surface area contributed by atoms with Crippen molar-refractivity contribution in [2.45, 2.75) is 5.92 Å². The van der Waals surface area contributed by atoms with Gasteiger partial charge in [0, 0.05) is 5.38 Å². The van der Waals surface area contributed by atoms with Crippen LogP contribution in [0.4, 0.5) is 8.78 Å². The van der Waals surface area contributed by atoms with E-state index in [2.05, 4.69) is 20.9 Å². The van der Waals surface area contributed by atoms with Crippen molar-refractivity contribution in [2.24, 2.45) is 5.73 Å². The third-order valence-corrected chi connectivity index (χ3v) is 2.47. The Kier molecular flexibility index (Phi) is 2.56. The first-order chi connectivity index (χ1) is 5.06. The lowest BCUT2D eigenvalue weighted by atomic mass is 10.3. The highest BCUT2D eigenvalue weighted by molar-refractivity contribution is 9.11. The number of hydrogen-bond donors (Lipinski definition) is 1. The molecule has 1 aromatic heterocycles. The molecule has 11 heavy (non-hydrogen) atoms. The maximum Gasteiger partial charge on any atom is 0.302 e. The fourth-order valence-corrected chi connectivity index (χ4v) is 1.58. The molecule has 0 bridgehead atoms. The van der Waals surface area contributed by atoms with Gasteiger partial charge in [0.2, 0.25) is 0 Å². The summed E-state index contributed by atoms with van der Waals surface area (Å²) in [7, 11) is 0. The predicted molar refractivity (Wildman–Crippen MR) is 42.8 cm³/mol. The minimum absolute atomic E-state index is 0.267. The van der Waals surface area contributed by atoms with Crippen molar-refractivity contribution in [2.75, 3.05) is 6.54 Å². The fraction of sp³-hybridized carbons (Fsp3) is 0.400. The van der Waals surface area contributed by atoms with E-state index in [9.17, 15) is 8.78 Å². The first kappa shape index (κ1) is 9.02. The maximum atomic E-state index is 12.7. The summed E-state index contributed by atoms with van der Waals surface area (Å²) in [6.07, 6.45) is 0. The first-order valence-corrected chi connectivity index (χ1v) is 4.43. The largest absolute Gasteiger partial charge is 0.325 e. The van der Waals surface area contributed by atoms with Gasteiger partial charge in [-0.25, -0.2) is 4.98 Å². The molecule has 62 valence electrons. The van der Waals surface area contributed by atoms with Crippen molar-refractivity contribution in [1.29, 1.82) is 0 Å². The van der Waals surface area contributed by atoms with Crippen LogP contribution in [0.1, 0.15) is 5.69 Å². The second kappa shape index (κ2) is 3.12. The SMILES string of the molecule is NCC(F)(F)c1csc(Br)n1. The van der Waals surface area contributed by atoms with Crippen LogP contribution >= 0.6 is 27.3 Å². The van der Waals surface area contributed by atoms with Crippen LogP contribution in [0.3, 0.4) is 0 Å². The number of nitrogens with two attached hydrogens (primary N) is 1. The standard InChI is InChI=1S/C5H5BrF2N2S/c6-4-10-3(1-11-4)5(7,8)2-9/h1H,2,9H2. The number of thiazole rings is 1. The number of alkyl halides is 2. The lowest BCUT2D eigenvalue weighted by Gasteiger charge is -2.09. The van der Waals surface area contributed by atoms with E-state index in [4.69, 9.17) is 5.73 Å². The van der Waals surface area contributed by atoms with Crippen molar-refractivity contribution in [3.8, 4) is 0 Å². The lowest BCUT2D eigenvalue weighted by molar-refractivity contribution is 0.00190. The monoisotopic (exact) mass is 242 g/mol. The maximum absolute atomic E-state index is 12.7. The lowest BCUT2D eigenvalue weighted by Crippen LogP contribution is -2.25. The fourth-order valence-electron chi connectivity index (χ4n) is 0.524. The summed E-state index contributed by atoms with van der Waals surface area (Å²) in [6.45, 7) is -0.705. The molecule has 0 aliphatic rings. The van der Waals surface area contributed by atoms with E-state index in [-0.39, 0.29) is 5.69 Å². The molecule has 1 rings (SSSR count). The molecule has 0 aromatic carbocycles. The zero-order valence-electron chi connectivity index (χ0n) is 5.35. The number of nitrogens with zero attached hydrogens (tertiary/aromatic N) is 1. The highest BCUT2D eigenvalue weighted by atomic mass is 79.9. The number of rotatable bonds is 2. The Balaban J connectivity index is 2.92. The van der Waals surface area contributed by atoms with Crippen LogP contribution in [-0.2, 0) is 5.92 Å². The molecule has 0 fully saturated rings. The van der Waals surface area contributed by atoms with Crippen molar-refractivity contribution in [3.63, 3.8) is 0 Å². The topological polar surface area (TPSA) is 38.9 Å². The van der Waals surface area contributed by atoms with Gasteiger partial charge in [-0.1, -0.05) is 0 Å². The van der Waals surface area contributed by atoms with E-state index < -0.39 is 12.5 Å². The minimum Gasteiger partial charge on any atom is -0.325 e. The molecular formula is C5H5BrF2N2S. The van der Waals surface area contributed by atoms with Gasteiger partial charge in [-0.05, 0) is 15.9 Å². The molecular weight excluding hydrogens is 238 g/mol. The molecule has 0 radical (unpaired) electrons. The molecule has 1 heterocycles. The summed E-state index contributed by atoms with van der Waals surface area (Å²) < 4.78 is 25.8. The highest BCUT2D eigenvalue weighted by Gasteiger charge is 2.32. The molecule has 0 amide bonds. The van der Waals surface area contributed by atoms with E-state index in [1.807, 2.05) is 0 Å². The molecule has 0 spiro atoms. The van der Waals surface area contributed by atoms with Gasteiger partial charge in [-0.15, -0.1) is 11.3 Å². The molecule has 0 aliphatic carbocycles. The Hall–Kier alpha value is -0.0700. The van der Waals surface area contributed by atoms with E-state index in [0.29, 0.717) is 3.92 Å². The average molecular weight is 243 g/mol. The van der Waals surface area contributed by atoms with Crippen LogP contribution in [0.15, 0.2) is 9.30 Å². The van der Waals surface area contributed by atoms with E-state index >= 15 is 0 Å². The molecule has 2 N–H and O–H groups in total. The molecule has 6 heteroatoms. The Labute approximate surface area is 74.6 Å². The average Bonchev–Trinajstić information content (AvgIpc) is 2.36. The van der Waals surface area contributed by atoms with Gasteiger partial charge in [0.15, 0.2) is 3.92 Å². The summed E-state index contributed by atoms with van der Waals surface area (Å²) in [4.78, 5) is 3.56. The van der Waals surface area contributed by atoms with Gasteiger partial charge < -0.3 is 5.73 Å². The Morgan fingerprint density at radius 2 is 2.36 bits per heavy atom. The van der Waals surface area contributed by atoms with Crippen molar-refractivity contribution in [3.05, 3.63) is 15.0 Å². The van der Waals surface area contributed by atoms with Gasteiger partial charge >= 0.3 is 5.92 Å². The highest BCUT2D eigenvalue weighted by Crippen LogP contribution is 2.29. The zero-order valence-corrected chi connectivity index (χ0v) is 7.75. The van der Waals surface area contributed by atoms with E-state index in [0.717, 1.165) is 11.3 Å². The number of aromatic nitrogens is 1. The van der Waals surface area contributed by atoms with Gasteiger partial charge in [-0.3, -0.25) is 0 Å². The smallest absolute Gasteiger partial charge is 0.302 e. The van der Waals surface area contributed by atoms with Crippen molar-refractivity contribution >= 4 is 27.3 Å². The van der Waals surface area contributed by atoms with Crippen molar-refractivity contribution in [1.82, 2.24) is 4.98 Å². The summed E-state index contributed by atoms with van der Waals surface area (Å²) in [5.74, 6) is -3.00. The van der Waals surface area contributed by atoms with Gasteiger partial charge in [0.05, 0.1) is 6.54 Å².